The Labute approximate surface area is 293 Å². The Hall–Kier alpha value is -1.05. The van der Waals surface area contributed by atoms with Gasteiger partial charge < -0.3 is 4.74 Å². The number of ether oxygens (including phenoxy) is 1. The van der Waals surface area contributed by atoms with Gasteiger partial charge in [-0.2, -0.15) is 0 Å². The average Bonchev–Trinajstić information content (AvgIpc) is 3.40. The molecular weight excluding hydrogens is 572 g/mol. The highest BCUT2D eigenvalue weighted by Crippen LogP contribution is 2.67. The third-order valence-electron chi connectivity index (χ3n) is 14.2. The van der Waals surface area contributed by atoms with Crippen molar-refractivity contribution in [2.45, 2.75) is 208 Å². The Morgan fingerprint density at radius 3 is 2.19 bits per heavy atom. The topological polar surface area (TPSA) is 26.3 Å². The number of carbonyl (C=O) groups is 1. The second kappa shape index (κ2) is 19.4. The van der Waals surface area contributed by atoms with Gasteiger partial charge in [0.05, 0.1) is 0 Å². The van der Waals surface area contributed by atoms with Crippen LogP contribution in [0.3, 0.4) is 0 Å². The number of fused-ring (bicyclic) bond motifs is 5. The van der Waals surface area contributed by atoms with Crippen molar-refractivity contribution in [1.82, 2.24) is 0 Å². The van der Waals surface area contributed by atoms with Gasteiger partial charge in [-0.1, -0.05) is 136 Å². The lowest BCUT2D eigenvalue weighted by molar-refractivity contribution is -0.151. The first-order chi connectivity index (χ1) is 22.7. The molecule has 0 saturated heterocycles. The first-order valence-corrected chi connectivity index (χ1v) is 21.2. The van der Waals surface area contributed by atoms with Crippen LogP contribution in [-0.4, -0.2) is 12.1 Å². The van der Waals surface area contributed by atoms with Gasteiger partial charge in [-0.15, -0.1) is 0 Å². The Morgan fingerprint density at radius 1 is 0.809 bits per heavy atom. The molecule has 0 spiro atoms. The normalized spacial score (nSPS) is 32.6. The molecule has 270 valence electrons. The van der Waals surface area contributed by atoms with Crippen LogP contribution < -0.4 is 0 Å². The van der Waals surface area contributed by atoms with Crippen molar-refractivity contribution in [3.63, 3.8) is 0 Å². The molecule has 0 aliphatic heterocycles. The van der Waals surface area contributed by atoms with Crippen LogP contribution in [0, 0.1) is 46.3 Å². The van der Waals surface area contributed by atoms with Crippen LogP contribution in [0.5, 0.6) is 0 Å². The zero-order valence-electron chi connectivity index (χ0n) is 32.3. The van der Waals surface area contributed by atoms with Gasteiger partial charge in [0, 0.05) is 12.8 Å². The lowest BCUT2D eigenvalue weighted by Gasteiger charge is -2.58. The summed E-state index contributed by atoms with van der Waals surface area (Å²) in [5.41, 5.74) is 2.53. The summed E-state index contributed by atoms with van der Waals surface area (Å²) in [4.78, 5) is 12.8. The maximum absolute atomic E-state index is 12.8. The molecule has 8 atom stereocenters. The molecule has 2 heteroatoms. The predicted octanol–water partition coefficient (Wildman–Crippen LogP) is 14.0. The van der Waals surface area contributed by atoms with Gasteiger partial charge in [0.25, 0.3) is 0 Å². The third kappa shape index (κ3) is 10.7. The van der Waals surface area contributed by atoms with Gasteiger partial charge in [-0.05, 0) is 123 Å². The van der Waals surface area contributed by atoms with Gasteiger partial charge in [0.1, 0.15) is 6.10 Å². The fourth-order valence-corrected chi connectivity index (χ4v) is 11.3. The Morgan fingerprint density at radius 2 is 1.49 bits per heavy atom. The number of hydrogen-bond acceptors (Lipinski definition) is 2. The molecule has 4 aliphatic rings. The van der Waals surface area contributed by atoms with Crippen LogP contribution in [0.2, 0.25) is 0 Å². The molecule has 4 aliphatic carbocycles. The van der Waals surface area contributed by atoms with E-state index in [1.165, 1.54) is 135 Å². The van der Waals surface area contributed by atoms with Crippen molar-refractivity contribution in [2.24, 2.45) is 46.3 Å². The lowest BCUT2D eigenvalue weighted by atomic mass is 9.47. The average molecular weight is 651 g/mol. The van der Waals surface area contributed by atoms with E-state index in [4.69, 9.17) is 4.74 Å². The van der Waals surface area contributed by atoms with Crippen LogP contribution in [0.4, 0.5) is 0 Å². The minimum absolute atomic E-state index is 0.0577. The predicted molar refractivity (Wildman–Crippen MR) is 202 cm³/mol. The minimum Gasteiger partial charge on any atom is -0.462 e. The van der Waals surface area contributed by atoms with Crippen LogP contribution >= 0.6 is 0 Å². The Bertz CT molecular complexity index is 976. The second-order valence-electron chi connectivity index (χ2n) is 18.0. The standard InChI is InChI=1S/C45H78O2/c1-7-8-9-10-11-12-13-14-15-16-17-18-19-20-21-25-43(46)47-38-30-32-44(5)37(34-38)26-27-39-41-29-28-40(36(4)24-22-23-35(2)3)45(41,6)33-31-42(39)44/h12-13,26,35-36,38-42H,7-11,14-25,27-34H2,1-6H3/b13-12+/t36-,38?,39?,40-,41?,42?,44+,45-/m1/s1. The lowest BCUT2D eigenvalue weighted by Crippen LogP contribution is -2.51. The maximum Gasteiger partial charge on any atom is 0.306 e. The van der Waals surface area contributed by atoms with Gasteiger partial charge in [0.15, 0.2) is 0 Å². The van der Waals surface area contributed by atoms with E-state index in [9.17, 15) is 4.79 Å². The van der Waals surface area contributed by atoms with Crippen LogP contribution in [0.25, 0.3) is 0 Å². The molecule has 0 radical (unpaired) electrons. The van der Waals surface area contributed by atoms with E-state index < -0.39 is 0 Å². The summed E-state index contributed by atoms with van der Waals surface area (Å²) in [6, 6.07) is 0. The summed E-state index contributed by atoms with van der Waals surface area (Å²) in [6.45, 7) is 14.9. The molecular formula is C45H78O2. The molecule has 3 saturated carbocycles. The zero-order valence-corrected chi connectivity index (χ0v) is 32.3. The van der Waals surface area contributed by atoms with Gasteiger partial charge in [0.2, 0.25) is 0 Å². The number of rotatable bonds is 21. The number of allylic oxidation sites excluding steroid dienone is 3. The van der Waals surface area contributed by atoms with Crippen LogP contribution in [0.1, 0.15) is 202 Å². The number of esters is 1. The van der Waals surface area contributed by atoms with E-state index in [1.807, 2.05) is 0 Å². The molecule has 0 heterocycles. The van der Waals surface area contributed by atoms with Gasteiger partial charge in [-0.25, -0.2) is 0 Å². The van der Waals surface area contributed by atoms with E-state index in [0.717, 1.165) is 54.8 Å². The van der Waals surface area contributed by atoms with Gasteiger partial charge in [-0.3, -0.25) is 4.79 Å². The van der Waals surface area contributed by atoms with Gasteiger partial charge >= 0.3 is 5.97 Å². The molecule has 0 aromatic heterocycles. The maximum atomic E-state index is 12.8. The Balaban J connectivity index is 1.11. The third-order valence-corrected chi connectivity index (χ3v) is 14.2. The Kier molecular flexibility index (Phi) is 16.0. The molecule has 0 N–H and O–H groups in total. The summed E-state index contributed by atoms with van der Waals surface area (Å²) in [7, 11) is 0. The molecule has 2 nitrogen and oxygen atoms in total. The van der Waals surface area contributed by atoms with Crippen LogP contribution in [-0.2, 0) is 9.53 Å². The smallest absolute Gasteiger partial charge is 0.306 e. The minimum atomic E-state index is 0.0577. The van der Waals surface area contributed by atoms with Crippen molar-refractivity contribution in [1.29, 1.82) is 0 Å². The molecule has 0 bridgehead atoms. The molecule has 47 heavy (non-hydrogen) atoms. The molecule has 4 rings (SSSR count). The highest BCUT2D eigenvalue weighted by Gasteiger charge is 2.59. The monoisotopic (exact) mass is 651 g/mol. The SMILES string of the molecule is CCCCCC/C=C/CCCCCCCCCC(=O)OC1CC[C@@]2(C)C(=CCC3C2CC[C@@]2(C)C3CC[C@@H]2[C@H](C)CCCC(C)C)C1. The van der Waals surface area contributed by atoms with E-state index in [-0.39, 0.29) is 12.1 Å². The molecule has 0 aromatic rings. The molecule has 3 fully saturated rings. The van der Waals surface area contributed by atoms with Crippen molar-refractivity contribution in [2.75, 3.05) is 0 Å². The number of hydrogen-bond donors (Lipinski definition) is 0. The number of carbonyl (C=O) groups excluding carboxylic acids is 1. The summed E-state index contributed by atoms with van der Waals surface area (Å²) >= 11 is 0. The fraction of sp³-hybridized carbons (Fsp3) is 0.889. The van der Waals surface area contributed by atoms with E-state index in [0.29, 0.717) is 17.3 Å². The molecule has 0 amide bonds. The van der Waals surface area contributed by atoms with Crippen molar-refractivity contribution < 1.29 is 9.53 Å². The fourth-order valence-electron chi connectivity index (χ4n) is 11.3. The van der Waals surface area contributed by atoms with Crippen molar-refractivity contribution >= 4 is 5.97 Å². The highest BCUT2D eigenvalue weighted by atomic mass is 16.5. The van der Waals surface area contributed by atoms with E-state index >= 15 is 0 Å². The summed E-state index contributed by atoms with van der Waals surface area (Å²) in [5.74, 6) is 5.32. The summed E-state index contributed by atoms with van der Waals surface area (Å²) < 4.78 is 6.13. The molecule has 4 unspecified atom stereocenters. The zero-order chi connectivity index (χ0) is 33.7. The first kappa shape index (κ1) is 38.7. The second-order valence-corrected chi connectivity index (χ2v) is 18.0. The van der Waals surface area contributed by atoms with Crippen LogP contribution in [0.15, 0.2) is 23.8 Å². The number of unbranched alkanes of at least 4 members (excludes halogenated alkanes) is 11. The quantitative estimate of drug-likeness (QED) is 0.0702. The summed E-state index contributed by atoms with van der Waals surface area (Å²) in [6.07, 6.45) is 39.4. The van der Waals surface area contributed by atoms with E-state index in [1.54, 1.807) is 5.57 Å². The van der Waals surface area contributed by atoms with Crippen molar-refractivity contribution in [3.05, 3.63) is 23.8 Å². The summed E-state index contributed by atoms with van der Waals surface area (Å²) in [5, 5.41) is 0. The largest absolute Gasteiger partial charge is 0.462 e. The van der Waals surface area contributed by atoms with Crippen molar-refractivity contribution in [3.8, 4) is 0 Å². The molecule has 0 aromatic carbocycles. The first-order valence-electron chi connectivity index (χ1n) is 21.2. The highest BCUT2D eigenvalue weighted by molar-refractivity contribution is 5.69. The van der Waals surface area contributed by atoms with E-state index in [2.05, 4.69) is 59.8 Å².